The number of carbonyl (C=O) groups is 1. The molecule has 136 valence electrons. The van der Waals surface area contributed by atoms with Crippen LogP contribution in [0.25, 0.3) is 11.0 Å². The Bertz CT molecular complexity index is 975. The highest BCUT2D eigenvalue weighted by molar-refractivity contribution is 6.31. The molecule has 1 N–H and O–H groups in total. The zero-order valence-corrected chi connectivity index (χ0v) is 16.6. The summed E-state index contributed by atoms with van der Waals surface area (Å²) in [5.41, 5.74) is 2.75. The maximum Gasteiger partial charge on any atom is 0.253 e. The molecule has 1 atom stereocenters. The molecule has 1 unspecified atom stereocenters. The van der Waals surface area contributed by atoms with Crippen molar-refractivity contribution in [3.8, 4) is 0 Å². The van der Waals surface area contributed by atoms with Gasteiger partial charge in [-0.3, -0.25) is 4.79 Å². The number of fused-ring (bicyclic) bond motifs is 1. The molecule has 1 amide bonds. The fourth-order valence-corrected chi connectivity index (χ4v) is 3.49. The van der Waals surface area contributed by atoms with Gasteiger partial charge in [-0.25, -0.2) is 4.98 Å². The number of aryl methyl sites for hydroxylation is 2. The van der Waals surface area contributed by atoms with Crippen LogP contribution in [0.4, 0.5) is 0 Å². The molecule has 3 rings (SSSR count). The Morgan fingerprint density at radius 2 is 1.96 bits per heavy atom. The average Bonchev–Trinajstić information content (AvgIpc) is 2.94. The number of nitrogens with one attached hydrogen (secondary N) is 1. The number of pyridine rings is 1. The van der Waals surface area contributed by atoms with Crippen molar-refractivity contribution >= 4 is 28.5 Å². The molecule has 2 heterocycles. The van der Waals surface area contributed by atoms with Gasteiger partial charge >= 0.3 is 0 Å². The first-order chi connectivity index (χ1) is 12.2. The van der Waals surface area contributed by atoms with E-state index in [2.05, 4.69) is 17.2 Å². The second kappa shape index (κ2) is 6.76. The van der Waals surface area contributed by atoms with Gasteiger partial charge in [0.15, 0.2) is 0 Å². The Labute approximate surface area is 159 Å². The van der Waals surface area contributed by atoms with E-state index >= 15 is 0 Å². The first kappa shape index (κ1) is 18.5. The lowest BCUT2D eigenvalue weighted by Crippen LogP contribution is -2.47. The molecule has 0 saturated carbocycles. The van der Waals surface area contributed by atoms with Crippen molar-refractivity contribution in [3.63, 3.8) is 0 Å². The van der Waals surface area contributed by atoms with Crippen LogP contribution in [0.5, 0.6) is 0 Å². The minimum absolute atomic E-state index is 0.0499. The summed E-state index contributed by atoms with van der Waals surface area (Å²) < 4.78 is 1.95. The number of carbonyl (C=O) groups excluding carboxylic acids is 1. The molecular formula is C21H24ClN3O. The van der Waals surface area contributed by atoms with Gasteiger partial charge in [-0.2, -0.15) is 0 Å². The molecule has 0 bridgehead atoms. The minimum atomic E-state index is -0.472. The molecule has 0 fully saturated rings. The van der Waals surface area contributed by atoms with Crippen LogP contribution in [0.15, 0.2) is 42.6 Å². The van der Waals surface area contributed by atoms with Crippen LogP contribution in [0.3, 0.4) is 0 Å². The first-order valence-corrected chi connectivity index (χ1v) is 9.08. The van der Waals surface area contributed by atoms with E-state index in [4.69, 9.17) is 11.6 Å². The smallest absolute Gasteiger partial charge is 0.253 e. The molecule has 0 aliphatic heterocycles. The normalized spacial score (nSPS) is 13.0. The molecule has 0 aliphatic carbocycles. The van der Waals surface area contributed by atoms with Crippen LogP contribution in [0.2, 0.25) is 5.02 Å². The number of hydrogen-bond acceptors (Lipinski definition) is 2. The first-order valence-electron chi connectivity index (χ1n) is 8.70. The summed E-state index contributed by atoms with van der Waals surface area (Å²) in [6.45, 7) is 7.98. The third kappa shape index (κ3) is 3.34. The van der Waals surface area contributed by atoms with E-state index in [-0.39, 0.29) is 11.8 Å². The van der Waals surface area contributed by atoms with Gasteiger partial charge in [0.25, 0.3) is 5.91 Å². The van der Waals surface area contributed by atoms with Crippen molar-refractivity contribution in [2.45, 2.75) is 39.2 Å². The van der Waals surface area contributed by atoms with E-state index in [1.54, 1.807) is 0 Å². The molecule has 0 saturated heterocycles. The van der Waals surface area contributed by atoms with Crippen molar-refractivity contribution in [3.05, 3.63) is 64.4 Å². The number of hydrogen-bond donors (Lipinski definition) is 1. The predicted molar refractivity (Wildman–Crippen MR) is 107 cm³/mol. The Morgan fingerprint density at radius 1 is 1.27 bits per heavy atom. The minimum Gasteiger partial charge on any atom is -0.346 e. The maximum atomic E-state index is 13.0. The molecule has 3 aromatic rings. The van der Waals surface area contributed by atoms with E-state index in [0.29, 0.717) is 10.6 Å². The average molecular weight is 370 g/mol. The molecular weight excluding hydrogens is 346 g/mol. The topological polar surface area (TPSA) is 46.9 Å². The van der Waals surface area contributed by atoms with Gasteiger partial charge in [-0.15, -0.1) is 0 Å². The maximum absolute atomic E-state index is 13.0. The van der Waals surface area contributed by atoms with Crippen LogP contribution >= 0.6 is 11.6 Å². The zero-order chi connectivity index (χ0) is 19.1. The third-order valence-electron chi connectivity index (χ3n) is 5.17. The number of benzene rings is 1. The molecule has 5 heteroatoms. The Kier molecular flexibility index (Phi) is 4.80. The van der Waals surface area contributed by atoms with E-state index in [9.17, 15) is 4.79 Å². The lowest BCUT2D eigenvalue weighted by Gasteiger charge is -2.34. The van der Waals surface area contributed by atoms with E-state index in [1.807, 2.05) is 75.0 Å². The predicted octanol–water partition coefficient (Wildman–Crippen LogP) is 4.85. The number of nitrogens with zero attached hydrogens (tertiary/aromatic N) is 2. The Balaban J connectivity index is 1.89. The number of amides is 1. The van der Waals surface area contributed by atoms with Crippen LogP contribution in [0.1, 0.15) is 48.3 Å². The van der Waals surface area contributed by atoms with Crippen molar-refractivity contribution < 1.29 is 4.79 Å². The summed E-state index contributed by atoms with van der Waals surface area (Å²) in [6.07, 6.45) is 1.95. The highest BCUT2D eigenvalue weighted by Crippen LogP contribution is 2.32. The molecule has 1 aromatic carbocycles. The van der Waals surface area contributed by atoms with Crippen molar-refractivity contribution in [2.24, 2.45) is 7.05 Å². The second-order valence-electron chi connectivity index (χ2n) is 7.38. The van der Waals surface area contributed by atoms with Crippen LogP contribution in [-0.4, -0.2) is 21.0 Å². The third-order valence-corrected chi connectivity index (χ3v) is 5.51. The number of rotatable bonds is 4. The van der Waals surface area contributed by atoms with Gasteiger partial charge in [0.2, 0.25) is 0 Å². The summed E-state index contributed by atoms with van der Waals surface area (Å²) in [5, 5.41) is 4.84. The fourth-order valence-electron chi connectivity index (χ4n) is 3.19. The van der Waals surface area contributed by atoms with Crippen LogP contribution in [-0.2, 0) is 7.05 Å². The number of aromatic nitrogens is 2. The summed E-state index contributed by atoms with van der Waals surface area (Å²) in [4.78, 5) is 17.5. The van der Waals surface area contributed by atoms with Crippen LogP contribution in [0, 0.1) is 6.92 Å². The van der Waals surface area contributed by atoms with E-state index in [0.717, 1.165) is 22.3 Å². The Hall–Kier alpha value is -2.33. The number of halogens is 1. The molecule has 26 heavy (non-hydrogen) atoms. The van der Waals surface area contributed by atoms with Gasteiger partial charge in [-0.1, -0.05) is 36.7 Å². The largest absolute Gasteiger partial charge is 0.346 e. The lowest BCUT2D eigenvalue weighted by atomic mass is 9.83. The molecule has 2 aromatic heterocycles. The summed E-state index contributed by atoms with van der Waals surface area (Å²) in [7, 11) is 1.95. The van der Waals surface area contributed by atoms with Gasteiger partial charge in [0.05, 0.1) is 11.3 Å². The molecule has 0 radical (unpaired) electrons. The highest BCUT2D eigenvalue weighted by Gasteiger charge is 2.31. The van der Waals surface area contributed by atoms with Crippen LogP contribution < -0.4 is 5.32 Å². The zero-order valence-electron chi connectivity index (χ0n) is 15.8. The monoisotopic (exact) mass is 369 g/mol. The van der Waals surface area contributed by atoms with Gasteiger partial charge in [0, 0.05) is 35.1 Å². The van der Waals surface area contributed by atoms with Crippen molar-refractivity contribution in [2.75, 3.05) is 0 Å². The lowest BCUT2D eigenvalue weighted by molar-refractivity contribution is 0.0902. The highest BCUT2D eigenvalue weighted by atomic mass is 35.5. The summed E-state index contributed by atoms with van der Waals surface area (Å²) in [5.74, 6) is -0.0708. The fraction of sp³-hybridized carbons (Fsp3) is 0.333. The standard InChI is InChI=1S/C21H24ClN3O/c1-13(16-8-6-7-9-18(16)22)21(3,4)24-20(26)17-12-15-10-11-25(5)19(15)23-14(17)2/h6-13H,1-5H3,(H,24,26). The summed E-state index contributed by atoms with van der Waals surface area (Å²) in [6, 6.07) is 11.6. The molecule has 0 aliphatic rings. The second-order valence-corrected chi connectivity index (χ2v) is 7.79. The Morgan fingerprint density at radius 3 is 2.65 bits per heavy atom. The molecule has 0 spiro atoms. The summed E-state index contributed by atoms with van der Waals surface area (Å²) >= 11 is 6.35. The van der Waals surface area contributed by atoms with Gasteiger partial charge in [-0.05, 0) is 44.5 Å². The van der Waals surface area contributed by atoms with Crippen molar-refractivity contribution in [1.82, 2.24) is 14.9 Å². The van der Waals surface area contributed by atoms with Gasteiger partial charge in [0.1, 0.15) is 5.65 Å². The van der Waals surface area contributed by atoms with Gasteiger partial charge < -0.3 is 9.88 Å². The quantitative estimate of drug-likeness (QED) is 0.714. The SMILES string of the molecule is Cc1nc2c(ccn2C)cc1C(=O)NC(C)(C)C(C)c1ccccc1Cl. The van der Waals surface area contributed by atoms with E-state index < -0.39 is 5.54 Å². The molecule has 4 nitrogen and oxygen atoms in total. The van der Waals surface area contributed by atoms with Crippen molar-refractivity contribution in [1.29, 1.82) is 0 Å². The van der Waals surface area contributed by atoms with E-state index in [1.165, 1.54) is 0 Å².